The molecule has 0 aliphatic heterocycles. The van der Waals surface area contributed by atoms with Crippen LogP contribution in [0.3, 0.4) is 0 Å². The van der Waals surface area contributed by atoms with Crippen molar-refractivity contribution in [3.05, 3.63) is 200 Å². The second-order valence-corrected chi connectivity index (χ2v) is 13.5. The maximum atomic E-state index is 5.06. The summed E-state index contributed by atoms with van der Waals surface area (Å²) >= 11 is 0. The first-order valence-electron chi connectivity index (χ1n) is 18.4. The number of aromatic nitrogens is 5. The van der Waals surface area contributed by atoms with Gasteiger partial charge < -0.3 is 0 Å². The molecule has 5 heteroatoms. The van der Waals surface area contributed by atoms with Crippen molar-refractivity contribution >= 4 is 16.3 Å². The van der Waals surface area contributed by atoms with Crippen LogP contribution in [0.5, 0.6) is 0 Å². The number of benzene rings is 7. The first-order valence-corrected chi connectivity index (χ1v) is 18.4. The van der Waals surface area contributed by atoms with Gasteiger partial charge in [-0.1, -0.05) is 194 Å². The summed E-state index contributed by atoms with van der Waals surface area (Å²) in [6.07, 6.45) is 1.99. The number of hydrogen-bond acceptors (Lipinski definition) is 4. The van der Waals surface area contributed by atoms with E-state index in [1.165, 1.54) is 5.56 Å². The molecule has 0 radical (unpaired) electrons. The van der Waals surface area contributed by atoms with Crippen LogP contribution in [0.2, 0.25) is 0 Å². The molecule has 0 saturated carbocycles. The smallest absolute Gasteiger partial charge is 0.164 e. The lowest BCUT2D eigenvalue weighted by atomic mass is 9.92. The zero-order valence-corrected chi connectivity index (χ0v) is 29.8. The zero-order valence-electron chi connectivity index (χ0n) is 29.8. The number of nitrogens with zero attached hydrogens (tertiary/aromatic N) is 5. The molecule has 0 aliphatic rings. The highest BCUT2D eigenvalue weighted by Crippen LogP contribution is 2.43. The Kier molecular flexibility index (Phi) is 8.08. The SMILES string of the molecule is c1ccc(-c2ccc(-c3nc(-c4ccccc4)nc(-c4ccc(-c5c(-c6ccccc6)n6ncc(-c7ccccc7)c6c6ccccc56)cc4)n3)cc2)cc1. The van der Waals surface area contributed by atoms with Gasteiger partial charge in [0.15, 0.2) is 17.5 Å². The summed E-state index contributed by atoms with van der Waals surface area (Å²) in [6, 6.07) is 67.2. The monoisotopic (exact) mass is 703 g/mol. The highest BCUT2D eigenvalue weighted by atomic mass is 15.2. The Morgan fingerprint density at radius 1 is 0.309 bits per heavy atom. The first-order chi connectivity index (χ1) is 27.3. The van der Waals surface area contributed by atoms with E-state index in [-0.39, 0.29) is 0 Å². The minimum atomic E-state index is 0.616. The molecular formula is C50H33N5. The number of pyridine rings is 1. The van der Waals surface area contributed by atoms with Crippen molar-refractivity contribution < 1.29 is 0 Å². The topological polar surface area (TPSA) is 56.0 Å². The van der Waals surface area contributed by atoms with Gasteiger partial charge in [0.05, 0.1) is 17.4 Å². The van der Waals surface area contributed by atoms with Gasteiger partial charge in [-0.3, -0.25) is 0 Å². The minimum Gasteiger partial charge on any atom is -0.231 e. The lowest BCUT2D eigenvalue weighted by Gasteiger charge is -2.18. The van der Waals surface area contributed by atoms with Crippen molar-refractivity contribution in [2.45, 2.75) is 0 Å². The minimum absolute atomic E-state index is 0.616. The van der Waals surface area contributed by atoms with Crippen LogP contribution in [-0.4, -0.2) is 24.6 Å². The summed E-state index contributed by atoms with van der Waals surface area (Å²) < 4.78 is 2.12. The van der Waals surface area contributed by atoms with Crippen LogP contribution < -0.4 is 0 Å². The van der Waals surface area contributed by atoms with Crippen LogP contribution in [-0.2, 0) is 0 Å². The molecule has 0 N–H and O–H groups in total. The highest BCUT2D eigenvalue weighted by Gasteiger charge is 2.22. The molecule has 0 amide bonds. The van der Waals surface area contributed by atoms with Crippen molar-refractivity contribution in [2.75, 3.05) is 0 Å². The van der Waals surface area contributed by atoms with E-state index in [2.05, 4.69) is 156 Å². The molecule has 5 nitrogen and oxygen atoms in total. The Bertz CT molecular complexity index is 2920. The summed E-state index contributed by atoms with van der Waals surface area (Å²) in [4.78, 5) is 15.0. The van der Waals surface area contributed by atoms with Crippen molar-refractivity contribution in [3.63, 3.8) is 0 Å². The largest absolute Gasteiger partial charge is 0.231 e. The van der Waals surface area contributed by atoms with E-state index in [4.69, 9.17) is 20.1 Å². The Labute approximate surface area is 318 Å². The summed E-state index contributed by atoms with van der Waals surface area (Å²) in [6.45, 7) is 0. The highest BCUT2D eigenvalue weighted by molar-refractivity contribution is 6.12. The molecular weight excluding hydrogens is 671 g/mol. The quantitative estimate of drug-likeness (QED) is 0.166. The lowest BCUT2D eigenvalue weighted by molar-refractivity contribution is 0.976. The van der Waals surface area contributed by atoms with E-state index >= 15 is 0 Å². The number of fused-ring (bicyclic) bond motifs is 3. The molecule has 55 heavy (non-hydrogen) atoms. The average Bonchev–Trinajstić information content (AvgIpc) is 3.73. The van der Waals surface area contributed by atoms with Gasteiger partial charge in [-0.2, -0.15) is 5.10 Å². The van der Waals surface area contributed by atoms with Crippen LogP contribution in [0.15, 0.2) is 200 Å². The molecule has 0 saturated heterocycles. The third kappa shape index (κ3) is 5.94. The van der Waals surface area contributed by atoms with Crippen LogP contribution in [0.25, 0.3) is 95.1 Å². The molecule has 10 rings (SSSR count). The summed E-state index contributed by atoms with van der Waals surface area (Å²) in [7, 11) is 0. The van der Waals surface area contributed by atoms with Crippen molar-refractivity contribution in [2.24, 2.45) is 0 Å². The second-order valence-electron chi connectivity index (χ2n) is 13.5. The molecule has 7 aromatic carbocycles. The predicted molar refractivity (Wildman–Crippen MR) is 224 cm³/mol. The number of hydrogen-bond donors (Lipinski definition) is 0. The Hall–Kier alpha value is -7.50. The fourth-order valence-corrected chi connectivity index (χ4v) is 7.48. The standard InChI is InChI=1S/C50H33N5/c1-5-15-34(16-6-1)35-25-29-40(30-26-35)49-52-48(39-21-11-4-12-22-39)53-50(54-49)41-31-27-37(28-32-41)45-42-23-13-14-24-43(42)47-44(36-17-7-2-8-18-36)33-51-55(47)46(45)38-19-9-3-10-20-38/h1-33H. The third-order valence-corrected chi connectivity index (χ3v) is 10.2. The van der Waals surface area contributed by atoms with E-state index in [1.807, 2.05) is 48.7 Å². The fourth-order valence-electron chi connectivity index (χ4n) is 7.48. The van der Waals surface area contributed by atoms with E-state index in [9.17, 15) is 0 Å². The van der Waals surface area contributed by atoms with Gasteiger partial charge in [-0.05, 0) is 27.6 Å². The molecule has 3 heterocycles. The van der Waals surface area contributed by atoms with Gasteiger partial charge in [0.1, 0.15) is 0 Å². The predicted octanol–water partition coefficient (Wildman–Crippen LogP) is 12.3. The summed E-state index contributed by atoms with van der Waals surface area (Å²) in [5.41, 5.74) is 12.7. The molecule has 0 aliphatic carbocycles. The maximum absolute atomic E-state index is 5.06. The molecule has 0 bridgehead atoms. The van der Waals surface area contributed by atoms with Gasteiger partial charge in [-0.25, -0.2) is 19.5 Å². The Morgan fingerprint density at radius 2 is 0.691 bits per heavy atom. The molecule has 0 atom stereocenters. The zero-order chi connectivity index (χ0) is 36.6. The van der Waals surface area contributed by atoms with Crippen LogP contribution in [0, 0.1) is 0 Å². The molecule has 3 aromatic heterocycles. The van der Waals surface area contributed by atoms with Gasteiger partial charge in [0, 0.05) is 38.8 Å². The van der Waals surface area contributed by atoms with Gasteiger partial charge in [0.2, 0.25) is 0 Å². The van der Waals surface area contributed by atoms with E-state index in [1.54, 1.807) is 0 Å². The lowest BCUT2D eigenvalue weighted by Crippen LogP contribution is -2.01. The maximum Gasteiger partial charge on any atom is 0.164 e. The first kappa shape index (κ1) is 32.2. The van der Waals surface area contributed by atoms with E-state index in [0.29, 0.717) is 17.5 Å². The Balaban J connectivity index is 1.12. The molecule has 10 aromatic rings. The summed E-state index contributed by atoms with van der Waals surface area (Å²) in [5, 5.41) is 7.37. The molecule has 258 valence electrons. The van der Waals surface area contributed by atoms with Crippen LogP contribution >= 0.6 is 0 Å². The number of rotatable bonds is 7. The van der Waals surface area contributed by atoms with Crippen LogP contribution in [0.1, 0.15) is 0 Å². The van der Waals surface area contributed by atoms with Gasteiger partial charge in [0.25, 0.3) is 0 Å². The normalized spacial score (nSPS) is 11.3. The molecule has 0 fully saturated rings. The van der Waals surface area contributed by atoms with E-state index in [0.717, 1.165) is 72.1 Å². The van der Waals surface area contributed by atoms with Gasteiger partial charge >= 0.3 is 0 Å². The second kappa shape index (κ2) is 13.8. The van der Waals surface area contributed by atoms with Crippen molar-refractivity contribution in [3.8, 4) is 78.8 Å². The summed E-state index contributed by atoms with van der Waals surface area (Å²) in [5.74, 6) is 1.88. The van der Waals surface area contributed by atoms with Crippen molar-refractivity contribution in [1.29, 1.82) is 0 Å². The average molecular weight is 704 g/mol. The van der Waals surface area contributed by atoms with E-state index < -0.39 is 0 Å². The third-order valence-electron chi connectivity index (χ3n) is 10.2. The molecule has 0 unspecified atom stereocenters. The fraction of sp³-hybridized carbons (Fsp3) is 0. The van der Waals surface area contributed by atoms with Gasteiger partial charge in [-0.15, -0.1) is 0 Å². The van der Waals surface area contributed by atoms with Crippen molar-refractivity contribution in [1.82, 2.24) is 24.6 Å². The van der Waals surface area contributed by atoms with Crippen LogP contribution in [0.4, 0.5) is 0 Å². The Morgan fingerprint density at radius 3 is 1.24 bits per heavy atom. The molecule has 0 spiro atoms.